The molecule has 0 atom stereocenters. The number of halogens is 1. The number of benzene rings is 1. The largest absolute Gasteiger partial charge is 0.376 e. The molecule has 1 aliphatic carbocycles. The van der Waals surface area contributed by atoms with Gasteiger partial charge < -0.3 is 9.88 Å². The van der Waals surface area contributed by atoms with E-state index in [4.69, 9.17) is 0 Å². The summed E-state index contributed by atoms with van der Waals surface area (Å²) in [6, 6.07) is 6.19. The Kier molecular flexibility index (Phi) is 4.27. The van der Waals surface area contributed by atoms with Gasteiger partial charge in [0.1, 0.15) is 6.54 Å². The van der Waals surface area contributed by atoms with Gasteiger partial charge in [-0.05, 0) is 24.1 Å². The average molecular weight is 365 g/mol. The molecule has 2 N–H and O–H groups in total. The van der Waals surface area contributed by atoms with Gasteiger partial charge in [-0.25, -0.2) is 4.99 Å². The molecule has 0 radical (unpaired) electrons. The number of rotatable bonds is 3. The molecule has 0 saturated carbocycles. The van der Waals surface area contributed by atoms with Crippen LogP contribution in [-0.4, -0.2) is 42.5 Å². The third-order valence-electron chi connectivity index (χ3n) is 4.62. The zero-order chi connectivity index (χ0) is 19.0. The predicted octanol–water partition coefficient (Wildman–Crippen LogP) is 2.92. The van der Waals surface area contributed by atoms with E-state index in [-0.39, 0.29) is 12.5 Å². The number of aromatic nitrogens is 1. The molecule has 6 nitrogen and oxygen atoms in total. The van der Waals surface area contributed by atoms with Crippen LogP contribution >= 0.6 is 0 Å². The summed E-state index contributed by atoms with van der Waals surface area (Å²) in [5.41, 5.74) is 7.40. The van der Waals surface area contributed by atoms with Crippen LogP contribution in [0.5, 0.6) is 0 Å². The average Bonchev–Trinajstić information content (AvgIpc) is 2.84. The first-order valence-corrected chi connectivity index (χ1v) is 8.68. The first kappa shape index (κ1) is 17.1. The lowest BCUT2D eigenvalue weighted by Crippen LogP contribution is -2.42. The van der Waals surface area contributed by atoms with Crippen molar-refractivity contribution in [2.45, 2.75) is 6.42 Å². The lowest BCUT2D eigenvalue weighted by atomic mass is 10.1. The molecule has 0 unspecified atom stereocenters. The van der Waals surface area contributed by atoms with Crippen molar-refractivity contribution in [2.75, 3.05) is 25.5 Å². The maximum Gasteiger partial charge on any atom is 0.269 e. The highest BCUT2D eigenvalue weighted by Crippen LogP contribution is 2.32. The van der Waals surface area contributed by atoms with Crippen LogP contribution in [-0.2, 0) is 11.2 Å². The Morgan fingerprint density at radius 1 is 1.37 bits per heavy atom. The Balaban J connectivity index is 1.67. The minimum atomic E-state index is -0.544. The third kappa shape index (κ3) is 3.23. The molecule has 7 heteroatoms. The minimum Gasteiger partial charge on any atom is -0.376 e. The summed E-state index contributed by atoms with van der Waals surface area (Å²) >= 11 is 0. The molecule has 1 amide bonds. The summed E-state index contributed by atoms with van der Waals surface area (Å²) in [5.74, 6) is -0.845. The van der Waals surface area contributed by atoms with Gasteiger partial charge in [-0.15, -0.1) is 0 Å². The number of aliphatic imine (C=N–C) groups is 1. The first-order valence-electron chi connectivity index (χ1n) is 8.68. The lowest BCUT2D eigenvalue weighted by Gasteiger charge is -2.21. The van der Waals surface area contributed by atoms with Gasteiger partial charge in [-0.1, -0.05) is 24.3 Å². The number of hydrogen-bond donors (Lipinski definition) is 2. The summed E-state index contributed by atoms with van der Waals surface area (Å²) < 4.78 is 13.3. The molecule has 0 spiro atoms. The second-order valence-corrected chi connectivity index (χ2v) is 6.69. The first-order chi connectivity index (χ1) is 13.0. The highest BCUT2D eigenvalue weighted by atomic mass is 19.1. The molecular weight excluding hydrogens is 345 g/mol. The molecule has 138 valence electrons. The number of H-pyrrole nitrogens is 1. The number of nitrogens with zero attached hydrogens (tertiary/aromatic N) is 3. The van der Waals surface area contributed by atoms with Gasteiger partial charge in [0.15, 0.2) is 0 Å². The smallest absolute Gasteiger partial charge is 0.269 e. The zero-order valence-electron chi connectivity index (χ0n) is 15.2. The van der Waals surface area contributed by atoms with Crippen LogP contribution in [0, 0.1) is 0 Å². The van der Waals surface area contributed by atoms with E-state index in [1.165, 1.54) is 17.4 Å². The molecule has 1 aromatic carbocycles. The SMILES string of the molecule is CN(C)c1cccc2c3c([nH]c12)C=C(C(=O)NN1C=CN=C(F)C1)C=CC3. The summed E-state index contributed by atoms with van der Waals surface area (Å²) in [4.78, 5) is 21.7. The summed E-state index contributed by atoms with van der Waals surface area (Å²) in [7, 11) is 4.01. The topological polar surface area (TPSA) is 63.7 Å². The van der Waals surface area contributed by atoms with Crippen molar-refractivity contribution in [1.82, 2.24) is 15.4 Å². The van der Waals surface area contributed by atoms with Crippen molar-refractivity contribution in [3.05, 3.63) is 59.6 Å². The van der Waals surface area contributed by atoms with Crippen LogP contribution in [0.15, 0.2) is 53.3 Å². The number of allylic oxidation sites excluding steroid dienone is 1. The molecule has 4 rings (SSSR count). The van der Waals surface area contributed by atoms with Crippen LogP contribution in [0.1, 0.15) is 11.3 Å². The number of fused-ring (bicyclic) bond motifs is 3. The summed E-state index contributed by atoms with van der Waals surface area (Å²) in [6.45, 7) is -0.0803. The van der Waals surface area contributed by atoms with Crippen LogP contribution < -0.4 is 10.3 Å². The van der Waals surface area contributed by atoms with Crippen LogP contribution in [0.3, 0.4) is 0 Å². The Morgan fingerprint density at radius 3 is 3.00 bits per heavy atom. The van der Waals surface area contributed by atoms with Crippen LogP contribution in [0.25, 0.3) is 17.0 Å². The van der Waals surface area contributed by atoms with Crippen molar-refractivity contribution >= 4 is 34.5 Å². The second kappa shape index (κ2) is 6.75. The van der Waals surface area contributed by atoms with E-state index in [0.717, 1.165) is 34.3 Å². The van der Waals surface area contributed by atoms with E-state index >= 15 is 0 Å². The molecule has 0 fully saturated rings. The molecule has 2 heterocycles. The van der Waals surface area contributed by atoms with Crippen LogP contribution in [0.2, 0.25) is 0 Å². The zero-order valence-corrected chi connectivity index (χ0v) is 15.2. The molecule has 2 aliphatic rings. The van der Waals surface area contributed by atoms with E-state index in [1.807, 2.05) is 32.3 Å². The van der Waals surface area contributed by atoms with Gasteiger partial charge in [0.05, 0.1) is 11.2 Å². The number of hydrogen-bond acceptors (Lipinski definition) is 4. The van der Waals surface area contributed by atoms with E-state index in [1.54, 1.807) is 6.08 Å². The number of carbonyl (C=O) groups excluding carboxylic acids is 1. The maximum atomic E-state index is 13.3. The number of amides is 1. The van der Waals surface area contributed by atoms with Gasteiger partial charge in [0.25, 0.3) is 5.91 Å². The number of aromatic amines is 1. The monoisotopic (exact) mass is 365 g/mol. The van der Waals surface area contributed by atoms with Gasteiger partial charge in [-0.2, -0.15) is 4.39 Å². The maximum absolute atomic E-state index is 13.3. The van der Waals surface area contributed by atoms with E-state index in [0.29, 0.717) is 5.57 Å². The highest BCUT2D eigenvalue weighted by molar-refractivity contribution is 6.03. The predicted molar refractivity (Wildman–Crippen MR) is 106 cm³/mol. The van der Waals surface area contributed by atoms with Gasteiger partial charge in [0.2, 0.25) is 5.97 Å². The van der Waals surface area contributed by atoms with Gasteiger partial charge in [-0.3, -0.25) is 15.2 Å². The Hall–Kier alpha value is -3.35. The van der Waals surface area contributed by atoms with E-state index in [2.05, 4.69) is 32.4 Å². The van der Waals surface area contributed by atoms with Crippen molar-refractivity contribution in [3.63, 3.8) is 0 Å². The van der Waals surface area contributed by atoms with Crippen molar-refractivity contribution in [1.29, 1.82) is 0 Å². The number of hydrazine groups is 1. The molecule has 27 heavy (non-hydrogen) atoms. The molecule has 1 aliphatic heterocycles. The minimum absolute atomic E-state index is 0.0803. The molecule has 0 saturated heterocycles. The molecular formula is C20H20FN5O. The number of anilines is 1. The fourth-order valence-corrected chi connectivity index (χ4v) is 3.34. The normalized spacial score (nSPS) is 15.9. The van der Waals surface area contributed by atoms with Gasteiger partial charge >= 0.3 is 0 Å². The third-order valence-corrected chi connectivity index (χ3v) is 4.62. The fraction of sp³-hybridized carbons (Fsp3) is 0.200. The molecule has 1 aromatic heterocycles. The fourth-order valence-electron chi connectivity index (χ4n) is 3.34. The van der Waals surface area contributed by atoms with Gasteiger partial charge in [0, 0.05) is 43.1 Å². The molecule has 2 aromatic rings. The van der Waals surface area contributed by atoms with Crippen molar-refractivity contribution in [2.24, 2.45) is 4.99 Å². The number of carbonyl (C=O) groups is 1. The van der Waals surface area contributed by atoms with Crippen molar-refractivity contribution < 1.29 is 9.18 Å². The standard InChI is InChI=1S/C20H20FN5O/c1-25(2)17-8-4-7-15-14-6-3-5-13(11-16(14)23-19(15)17)20(27)24-26-10-9-22-18(21)12-26/h3-5,7-11,23H,6,12H2,1-2H3,(H,24,27). The van der Waals surface area contributed by atoms with Crippen LogP contribution in [0.4, 0.5) is 10.1 Å². The summed E-state index contributed by atoms with van der Waals surface area (Å²) in [6.07, 6.45) is 9.18. The number of nitrogens with one attached hydrogen (secondary N) is 2. The number of para-hydroxylation sites is 1. The Morgan fingerprint density at radius 2 is 2.22 bits per heavy atom. The second-order valence-electron chi connectivity index (χ2n) is 6.69. The summed E-state index contributed by atoms with van der Waals surface area (Å²) in [5, 5.41) is 2.52. The van der Waals surface area contributed by atoms with E-state index in [9.17, 15) is 9.18 Å². The van der Waals surface area contributed by atoms with E-state index < -0.39 is 5.97 Å². The Labute approximate surface area is 156 Å². The highest BCUT2D eigenvalue weighted by Gasteiger charge is 2.18. The Bertz CT molecular complexity index is 1030. The lowest BCUT2D eigenvalue weighted by molar-refractivity contribution is -0.120. The van der Waals surface area contributed by atoms with Crippen molar-refractivity contribution in [3.8, 4) is 0 Å². The quantitative estimate of drug-likeness (QED) is 0.879. The molecule has 0 bridgehead atoms.